The number of amides is 1. The highest BCUT2D eigenvalue weighted by molar-refractivity contribution is 5.94. The van der Waals surface area contributed by atoms with E-state index in [2.05, 4.69) is 60.6 Å². The van der Waals surface area contributed by atoms with Crippen molar-refractivity contribution in [3.05, 3.63) is 141 Å². The summed E-state index contributed by atoms with van der Waals surface area (Å²) in [5, 5.41) is 3.05. The zero-order valence-electron chi connectivity index (χ0n) is 21.3. The Kier molecular flexibility index (Phi) is 7.13. The van der Waals surface area contributed by atoms with E-state index in [1.807, 2.05) is 24.3 Å². The van der Waals surface area contributed by atoms with Crippen molar-refractivity contribution >= 4 is 11.5 Å². The van der Waals surface area contributed by atoms with Gasteiger partial charge in [-0.2, -0.15) is 0 Å². The minimum atomic E-state index is -0.128. The first-order valence-corrected chi connectivity index (χ1v) is 12.7. The van der Waals surface area contributed by atoms with Crippen LogP contribution in [0.5, 0.6) is 0 Å². The van der Waals surface area contributed by atoms with E-state index < -0.39 is 0 Å². The summed E-state index contributed by atoms with van der Waals surface area (Å²) in [4.78, 5) is 29.1. The Hall–Kier alpha value is -4.25. The highest BCUT2D eigenvalue weighted by atomic mass is 16.1. The second-order valence-electron chi connectivity index (χ2n) is 9.95. The average Bonchev–Trinajstić information content (AvgIpc) is 2.90. The molecule has 0 radical (unpaired) electrons. The molecule has 1 atom stereocenters. The standard InChI is InChI=1S/C32H31N3O2/c1-22-13-23(2)30-17-26(10-11-28(30)14-22)19-34-32(37)29-16-27(18-33-20-29)15-24-6-8-25(9-7-24)21-35-12-4-3-5-31(35)36/h3-13,16-18,20,22H,14-15,19,21H2,1-2H3,(H,34,37). The second kappa shape index (κ2) is 10.8. The number of carbonyl (C=O) groups is 1. The van der Waals surface area contributed by atoms with Crippen LogP contribution in [0.1, 0.15) is 57.6 Å². The molecule has 1 unspecified atom stereocenters. The minimum Gasteiger partial charge on any atom is -0.348 e. The van der Waals surface area contributed by atoms with Crippen LogP contribution in [0.25, 0.3) is 5.57 Å². The fourth-order valence-corrected chi connectivity index (χ4v) is 4.98. The molecule has 1 amide bonds. The Morgan fingerprint density at radius 2 is 1.76 bits per heavy atom. The highest BCUT2D eigenvalue weighted by Gasteiger charge is 2.15. The average molecular weight is 490 g/mol. The number of nitrogens with one attached hydrogen (secondary N) is 1. The molecule has 1 aliphatic rings. The quantitative estimate of drug-likeness (QED) is 0.378. The number of pyridine rings is 2. The van der Waals surface area contributed by atoms with Crippen molar-refractivity contribution < 1.29 is 4.79 Å². The molecule has 37 heavy (non-hydrogen) atoms. The van der Waals surface area contributed by atoms with Crippen LogP contribution in [0.2, 0.25) is 0 Å². The van der Waals surface area contributed by atoms with Crippen molar-refractivity contribution in [3.63, 3.8) is 0 Å². The molecule has 1 aliphatic carbocycles. The molecule has 0 aliphatic heterocycles. The molecule has 4 aromatic rings. The lowest BCUT2D eigenvalue weighted by atomic mass is 9.85. The Balaban J connectivity index is 1.20. The van der Waals surface area contributed by atoms with Gasteiger partial charge in [-0.25, -0.2) is 0 Å². The number of nitrogens with zero attached hydrogens (tertiary/aromatic N) is 2. The van der Waals surface area contributed by atoms with Gasteiger partial charge in [-0.15, -0.1) is 0 Å². The highest BCUT2D eigenvalue weighted by Crippen LogP contribution is 2.29. The zero-order valence-corrected chi connectivity index (χ0v) is 21.3. The van der Waals surface area contributed by atoms with E-state index in [9.17, 15) is 9.59 Å². The number of benzene rings is 2. The third-order valence-corrected chi connectivity index (χ3v) is 6.87. The lowest BCUT2D eigenvalue weighted by molar-refractivity contribution is 0.0950. The van der Waals surface area contributed by atoms with Gasteiger partial charge >= 0.3 is 0 Å². The van der Waals surface area contributed by atoms with Gasteiger partial charge in [0.1, 0.15) is 0 Å². The Morgan fingerprint density at radius 3 is 2.57 bits per heavy atom. The molecule has 5 heteroatoms. The van der Waals surface area contributed by atoms with E-state index in [1.54, 1.807) is 35.3 Å². The summed E-state index contributed by atoms with van der Waals surface area (Å²) in [6, 6.07) is 21.8. The van der Waals surface area contributed by atoms with Gasteiger partial charge in [0.05, 0.1) is 12.1 Å². The van der Waals surface area contributed by atoms with Crippen LogP contribution in [0, 0.1) is 5.92 Å². The molecular formula is C32H31N3O2. The van der Waals surface area contributed by atoms with Crippen LogP contribution in [-0.4, -0.2) is 15.5 Å². The van der Waals surface area contributed by atoms with Gasteiger partial charge in [0.25, 0.3) is 11.5 Å². The predicted octanol–water partition coefficient (Wildman–Crippen LogP) is 5.41. The number of allylic oxidation sites excluding steroid dienone is 2. The number of hydrogen-bond donors (Lipinski definition) is 1. The molecule has 0 saturated heterocycles. The topological polar surface area (TPSA) is 64.0 Å². The summed E-state index contributed by atoms with van der Waals surface area (Å²) < 4.78 is 1.68. The largest absolute Gasteiger partial charge is 0.348 e. The van der Waals surface area contributed by atoms with Gasteiger partial charge in [-0.3, -0.25) is 14.6 Å². The maximum Gasteiger partial charge on any atom is 0.253 e. The minimum absolute atomic E-state index is 0.0130. The monoisotopic (exact) mass is 489 g/mol. The van der Waals surface area contributed by atoms with Crippen LogP contribution < -0.4 is 10.9 Å². The fourth-order valence-electron chi connectivity index (χ4n) is 4.98. The van der Waals surface area contributed by atoms with Crippen LogP contribution in [0.4, 0.5) is 0 Å². The number of carbonyl (C=O) groups excluding carboxylic acids is 1. The van der Waals surface area contributed by atoms with Crippen LogP contribution in [0.15, 0.2) is 96.2 Å². The van der Waals surface area contributed by atoms with Crippen LogP contribution >= 0.6 is 0 Å². The van der Waals surface area contributed by atoms with Gasteiger partial charge in [-0.05, 0) is 82.8 Å². The molecule has 0 spiro atoms. The Morgan fingerprint density at radius 1 is 0.973 bits per heavy atom. The summed E-state index contributed by atoms with van der Waals surface area (Å²) in [7, 11) is 0. The predicted molar refractivity (Wildman–Crippen MR) is 147 cm³/mol. The van der Waals surface area contributed by atoms with Crippen molar-refractivity contribution in [3.8, 4) is 0 Å². The molecule has 2 heterocycles. The van der Waals surface area contributed by atoms with Crippen molar-refractivity contribution in [1.82, 2.24) is 14.9 Å². The van der Waals surface area contributed by atoms with Gasteiger partial charge in [-0.1, -0.05) is 55.5 Å². The van der Waals surface area contributed by atoms with Gasteiger partial charge in [0, 0.05) is 31.2 Å². The van der Waals surface area contributed by atoms with Crippen molar-refractivity contribution in [2.45, 2.75) is 39.8 Å². The first kappa shape index (κ1) is 24.4. The van der Waals surface area contributed by atoms with E-state index >= 15 is 0 Å². The first-order valence-electron chi connectivity index (χ1n) is 12.7. The number of fused-ring (bicyclic) bond motifs is 1. The molecule has 0 fully saturated rings. The maximum atomic E-state index is 12.9. The summed E-state index contributed by atoms with van der Waals surface area (Å²) in [6.45, 7) is 5.42. The number of hydrogen-bond acceptors (Lipinski definition) is 3. The van der Waals surface area contributed by atoms with Gasteiger partial charge < -0.3 is 9.88 Å². The van der Waals surface area contributed by atoms with Crippen LogP contribution in [-0.2, 0) is 25.9 Å². The van der Waals surface area contributed by atoms with Crippen molar-refractivity contribution in [2.75, 3.05) is 0 Å². The van der Waals surface area contributed by atoms with Gasteiger partial charge in [0.15, 0.2) is 0 Å². The Bertz CT molecular complexity index is 1520. The van der Waals surface area contributed by atoms with Crippen LogP contribution in [0.3, 0.4) is 0 Å². The fraction of sp³-hybridized carbons (Fsp3) is 0.219. The summed E-state index contributed by atoms with van der Waals surface area (Å²) in [5.74, 6) is 0.438. The Labute approximate surface area is 217 Å². The third kappa shape index (κ3) is 5.95. The van der Waals surface area contributed by atoms with E-state index in [-0.39, 0.29) is 11.5 Å². The molecule has 2 aromatic heterocycles. The lowest BCUT2D eigenvalue weighted by Gasteiger charge is -2.20. The van der Waals surface area contributed by atoms with E-state index in [4.69, 9.17) is 0 Å². The van der Waals surface area contributed by atoms with Crippen molar-refractivity contribution in [2.24, 2.45) is 5.92 Å². The smallest absolute Gasteiger partial charge is 0.253 e. The van der Waals surface area contributed by atoms with E-state index in [1.165, 1.54) is 16.7 Å². The lowest BCUT2D eigenvalue weighted by Crippen LogP contribution is -2.23. The van der Waals surface area contributed by atoms with E-state index in [0.29, 0.717) is 31.0 Å². The summed E-state index contributed by atoms with van der Waals surface area (Å²) >= 11 is 0. The summed E-state index contributed by atoms with van der Waals surface area (Å²) in [5.41, 5.74) is 8.76. The molecule has 2 aromatic carbocycles. The van der Waals surface area contributed by atoms with Gasteiger partial charge in [0.2, 0.25) is 0 Å². The molecule has 5 rings (SSSR count). The maximum absolute atomic E-state index is 12.9. The SMILES string of the molecule is CC1=CC(C)Cc2ccc(CNC(=O)c3cncc(Cc4ccc(Cn5ccccc5=O)cc4)c3)cc21. The number of aromatic nitrogens is 2. The molecule has 186 valence electrons. The van der Waals surface area contributed by atoms with Crippen molar-refractivity contribution in [1.29, 1.82) is 0 Å². The molecule has 1 N–H and O–H groups in total. The summed E-state index contributed by atoms with van der Waals surface area (Å²) in [6.07, 6.45) is 9.26. The first-order chi connectivity index (χ1) is 17.9. The molecule has 5 nitrogen and oxygen atoms in total. The molecule has 0 bridgehead atoms. The third-order valence-electron chi connectivity index (χ3n) is 6.87. The second-order valence-corrected chi connectivity index (χ2v) is 9.95. The number of rotatable bonds is 7. The van der Waals surface area contributed by atoms with E-state index in [0.717, 1.165) is 28.7 Å². The normalized spacial score (nSPS) is 14.5. The molecular weight excluding hydrogens is 458 g/mol. The molecule has 0 saturated carbocycles. The zero-order chi connectivity index (χ0) is 25.8.